The van der Waals surface area contributed by atoms with E-state index in [0.29, 0.717) is 6.54 Å². The molecule has 98 valence electrons. The Kier molecular flexibility index (Phi) is 4.03. The van der Waals surface area contributed by atoms with Gasteiger partial charge >= 0.3 is 6.03 Å². The molecule has 0 aliphatic heterocycles. The van der Waals surface area contributed by atoms with Crippen molar-refractivity contribution in [1.29, 1.82) is 0 Å². The second kappa shape index (κ2) is 5.91. The second-order valence-corrected chi connectivity index (χ2v) is 4.32. The molecular formula is C15H17N3O. The lowest BCUT2D eigenvalue weighted by atomic mass is 10.1. The molecule has 0 aromatic heterocycles. The fourth-order valence-corrected chi connectivity index (χ4v) is 1.90. The van der Waals surface area contributed by atoms with Gasteiger partial charge in [-0.2, -0.15) is 0 Å². The highest BCUT2D eigenvalue weighted by Gasteiger charge is 2.11. The number of hydrogen-bond acceptors (Lipinski definition) is 2. The summed E-state index contributed by atoms with van der Waals surface area (Å²) in [6.07, 6.45) is 0.734. The summed E-state index contributed by atoms with van der Waals surface area (Å²) < 4.78 is 0. The van der Waals surface area contributed by atoms with Crippen LogP contribution in [0.25, 0.3) is 0 Å². The van der Waals surface area contributed by atoms with Gasteiger partial charge in [0.15, 0.2) is 0 Å². The number of carbonyl (C=O) groups excluding carboxylic acids is 1. The van der Waals surface area contributed by atoms with Gasteiger partial charge in [-0.05, 0) is 36.2 Å². The number of anilines is 2. The Labute approximate surface area is 112 Å². The minimum atomic E-state index is -0.443. The van der Waals surface area contributed by atoms with E-state index in [1.54, 1.807) is 4.90 Å². The Hall–Kier alpha value is -2.49. The van der Waals surface area contributed by atoms with E-state index >= 15 is 0 Å². The van der Waals surface area contributed by atoms with Crippen LogP contribution in [0.2, 0.25) is 0 Å². The molecule has 0 atom stereocenters. The summed E-state index contributed by atoms with van der Waals surface area (Å²) in [6, 6.07) is 16.6. The van der Waals surface area contributed by atoms with E-state index in [2.05, 4.69) is 0 Å². The normalized spacial score (nSPS) is 10.1. The zero-order valence-electron chi connectivity index (χ0n) is 10.6. The monoisotopic (exact) mass is 255 g/mol. The number of para-hydroxylation sites is 1. The molecule has 0 bridgehead atoms. The summed E-state index contributed by atoms with van der Waals surface area (Å²) in [6.45, 7) is 0.545. The summed E-state index contributed by atoms with van der Waals surface area (Å²) >= 11 is 0. The highest BCUT2D eigenvalue weighted by molar-refractivity contribution is 5.90. The fraction of sp³-hybridized carbons (Fsp3) is 0.133. The van der Waals surface area contributed by atoms with E-state index in [1.165, 1.54) is 0 Å². The predicted octanol–water partition coefficient (Wildman–Crippen LogP) is 2.40. The molecule has 0 aliphatic carbocycles. The lowest BCUT2D eigenvalue weighted by molar-refractivity contribution is 0.254. The predicted molar refractivity (Wildman–Crippen MR) is 77.9 cm³/mol. The lowest BCUT2D eigenvalue weighted by Crippen LogP contribution is -2.37. The van der Waals surface area contributed by atoms with Gasteiger partial charge in [-0.15, -0.1) is 0 Å². The van der Waals surface area contributed by atoms with Crippen molar-refractivity contribution in [3.63, 3.8) is 0 Å². The van der Waals surface area contributed by atoms with Crippen molar-refractivity contribution in [1.82, 2.24) is 0 Å². The Bertz CT molecular complexity index is 537. The number of urea groups is 1. The Balaban J connectivity index is 2.06. The van der Waals surface area contributed by atoms with Gasteiger partial charge in [-0.25, -0.2) is 4.79 Å². The molecule has 4 N–H and O–H groups in total. The molecular weight excluding hydrogens is 238 g/mol. The number of nitrogens with zero attached hydrogens (tertiary/aromatic N) is 1. The van der Waals surface area contributed by atoms with Crippen LogP contribution in [-0.2, 0) is 6.42 Å². The molecule has 0 radical (unpaired) electrons. The largest absolute Gasteiger partial charge is 0.399 e. The third kappa shape index (κ3) is 3.48. The molecule has 0 saturated heterocycles. The highest BCUT2D eigenvalue weighted by Crippen LogP contribution is 2.14. The van der Waals surface area contributed by atoms with Crippen LogP contribution in [0.4, 0.5) is 16.2 Å². The van der Waals surface area contributed by atoms with Crippen LogP contribution in [-0.4, -0.2) is 12.6 Å². The van der Waals surface area contributed by atoms with Crippen molar-refractivity contribution in [2.75, 3.05) is 17.2 Å². The zero-order valence-corrected chi connectivity index (χ0v) is 10.6. The van der Waals surface area contributed by atoms with Gasteiger partial charge in [0.05, 0.1) is 0 Å². The number of carbonyl (C=O) groups is 1. The van der Waals surface area contributed by atoms with Crippen LogP contribution in [0.1, 0.15) is 5.56 Å². The molecule has 0 spiro atoms. The molecule has 4 nitrogen and oxygen atoms in total. The standard InChI is InChI=1S/C15H17N3O/c16-13-8-6-12(7-9-13)10-11-18(15(17)19)14-4-2-1-3-5-14/h1-9H,10-11,16H2,(H2,17,19). The molecule has 0 aliphatic rings. The number of nitrogen functional groups attached to an aromatic ring is 1. The van der Waals surface area contributed by atoms with Crippen molar-refractivity contribution < 1.29 is 4.79 Å². The quantitative estimate of drug-likeness (QED) is 0.823. The average molecular weight is 255 g/mol. The fourth-order valence-electron chi connectivity index (χ4n) is 1.90. The Morgan fingerprint density at radius 1 is 1.00 bits per heavy atom. The van der Waals surface area contributed by atoms with Crippen molar-refractivity contribution in [2.45, 2.75) is 6.42 Å². The first-order valence-corrected chi connectivity index (χ1v) is 6.13. The number of benzene rings is 2. The topological polar surface area (TPSA) is 72.4 Å². The molecule has 2 aromatic carbocycles. The van der Waals surface area contributed by atoms with Crippen LogP contribution < -0.4 is 16.4 Å². The van der Waals surface area contributed by atoms with Gasteiger partial charge in [0.1, 0.15) is 0 Å². The smallest absolute Gasteiger partial charge is 0.319 e. The highest BCUT2D eigenvalue weighted by atomic mass is 16.2. The SMILES string of the molecule is NC(=O)N(CCc1ccc(N)cc1)c1ccccc1. The number of hydrogen-bond donors (Lipinski definition) is 2. The first kappa shape index (κ1) is 13.0. The van der Waals surface area contributed by atoms with Gasteiger partial charge in [0, 0.05) is 17.9 Å². The van der Waals surface area contributed by atoms with Crippen molar-refractivity contribution in [2.24, 2.45) is 5.73 Å². The first-order chi connectivity index (χ1) is 9.16. The lowest BCUT2D eigenvalue weighted by Gasteiger charge is -2.20. The van der Waals surface area contributed by atoms with Crippen LogP contribution in [0.3, 0.4) is 0 Å². The minimum absolute atomic E-state index is 0.443. The molecule has 4 heteroatoms. The first-order valence-electron chi connectivity index (χ1n) is 6.13. The van der Waals surface area contributed by atoms with Gasteiger partial charge in [0.25, 0.3) is 0 Å². The van der Waals surface area contributed by atoms with E-state index in [-0.39, 0.29) is 0 Å². The second-order valence-electron chi connectivity index (χ2n) is 4.32. The van der Waals surface area contributed by atoms with E-state index < -0.39 is 6.03 Å². The maximum atomic E-state index is 11.5. The number of nitrogens with two attached hydrogens (primary N) is 2. The van der Waals surface area contributed by atoms with Gasteiger partial charge < -0.3 is 11.5 Å². The maximum absolute atomic E-state index is 11.5. The summed E-state index contributed by atoms with van der Waals surface area (Å²) in [4.78, 5) is 13.1. The van der Waals surface area contributed by atoms with E-state index in [4.69, 9.17) is 11.5 Å². The van der Waals surface area contributed by atoms with Gasteiger partial charge in [-0.3, -0.25) is 4.90 Å². The molecule has 0 unspecified atom stereocenters. The van der Waals surface area contributed by atoms with Crippen LogP contribution in [0, 0.1) is 0 Å². The van der Waals surface area contributed by atoms with Crippen LogP contribution >= 0.6 is 0 Å². The summed E-state index contributed by atoms with van der Waals surface area (Å²) in [5.41, 5.74) is 13.7. The van der Waals surface area contributed by atoms with Crippen molar-refractivity contribution in [3.8, 4) is 0 Å². The number of amides is 2. The van der Waals surface area contributed by atoms with Crippen LogP contribution in [0.15, 0.2) is 54.6 Å². The summed E-state index contributed by atoms with van der Waals surface area (Å²) in [7, 11) is 0. The molecule has 19 heavy (non-hydrogen) atoms. The number of primary amides is 1. The van der Waals surface area contributed by atoms with Crippen molar-refractivity contribution in [3.05, 3.63) is 60.2 Å². The van der Waals surface area contributed by atoms with E-state index in [0.717, 1.165) is 23.4 Å². The third-order valence-electron chi connectivity index (χ3n) is 2.94. The van der Waals surface area contributed by atoms with Gasteiger partial charge in [-0.1, -0.05) is 30.3 Å². The number of rotatable bonds is 4. The third-order valence-corrected chi connectivity index (χ3v) is 2.94. The molecule has 0 saturated carbocycles. The molecule has 0 fully saturated rings. The maximum Gasteiger partial charge on any atom is 0.319 e. The van der Waals surface area contributed by atoms with E-state index in [9.17, 15) is 4.79 Å². The summed E-state index contributed by atoms with van der Waals surface area (Å²) in [5, 5.41) is 0. The molecule has 0 heterocycles. The summed E-state index contributed by atoms with van der Waals surface area (Å²) in [5.74, 6) is 0. The average Bonchev–Trinajstić information content (AvgIpc) is 2.42. The van der Waals surface area contributed by atoms with Crippen LogP contribution in [0.5, 0.6) is 0 Å². The minimum Gasteiger partial charge on any atom is -0.399 e. The zero-order chi connectivity index (χ0) is 13.7. The molecule has 2 amide bonds. The van der Waals surface area contributed by atoms with Crippen molar-refractivity contribution >= 4 is 17.4 Å². The molecule has 2 aromatic rings. The Morgan fingerprint density at radius 3 is 2.21 bits per heavy atom. The Morgan fingerprint density at radius 2 is 1.63 bits per heavy atom. The van der Waals surface area contributed by atoms with Gasteiger partial charge in [0.2, 0.25) is 0 Å². The molecule has 2 rings (SSSR count). The van der Waals surface area contributed by atoms with E-state index in [1.807, 2.05) is 54.6 Å².